The Balaban J connectivity index is 2.52. The largest absolute Gasteiger partial charge is 0.369 e. The van der Waals surface area contributed by atoms with Gasteiger partial charge < -0.3 is 5.73 Å². The summed E-state index contributed by atoms with van der Waals surface area (Å²) in [5.41, 5.74) is 5.94. The van der Waals surface area contributed by atoms with Crippen LogP contribution < -0.4 is 5.73 Å². The molecule has 6 heteroatoms. The van der Waals surface area contributed by atoms with E-state index in [1.165, 1.54) is 0 Å². The monoisotopic (exact) mass is 281 g/mol. The molecule has 0 aliphatic rings. The molecule has 0 radical (unpaired) electrons. The maximum absolute atomic E-state index is 11.6. The summed E-state index contributed by atoms with van der Waals surface area (Å²) in [5.74, 6) is -1.03. The van der Waals surface area contributed by atoms with Crippen molar-refractivity contribution in [1.29, 1.82) is 0 Å². The Kier molecular flexibility index (Phi) is 3.79. The molecule has 1 heterocycles. The van der Waals surface area contributed by atoms with Crippen molar-refractivity contribution in [2.24, 2.45) is 5.73 Å². The topological polar surface area (TPSA) is 68.9 Å². The highest BCUT2D eigenvalue weighted by Gasteiger charge is 2.25. The van der Waals surface area contributed by atoms with Crippen LogP contribution in [0.15, 0.2) is 36.7 Å². The van der Waals surface area contributed by atoms with Gasteiger partial charge in [0, 0.05) is 22.4 Å². The quantitative estimate of drug-likeness (QED) is 0.939. The second-order valence-electron chi connectivity index (χ2n) is 3.61. The number of nitrogens with zero attached hydrogens (tertiary/aromatic N) is 2. The Morgan fingerprint density at radius 2 is 1.89 bits per heavy atom. The number of amides is 1. The Labute approximate surface area is 114 Å². The van der Waals surface area contributed by atoms with Gasteiger partial charge >= 0.3 is 0 Å². The zero-order valence-electron chi connectivity index (χ0n) is 9.18. The van der Waals surface area contributed by atoms with E-state index in [2.05, 4.69) is 9.97 Å². The molecule has 0 saturated heterocycles. The summed E-state index contributed by atoms with van der Waals surface area (Å²) in [6, 6.07) is 6.50. The molecule has 92 valence electrons. The predicted molar refractivity (Wildman–Crippen MR) is 69.5 cm³/mol. The molecule has 0 fully saturated rings. The summed E-state index contributed by atoms with van der Waals surface area (Å²) < 4.78 is 0. The molecule has 0 spiro atoms. The number of benzene rings is 1. The van der Waals surface area contributed by atoms with E-state index in [4.69, 9.17) is 28.9 Å². The summed E-state index contributed by atoms with van der Waals surface area (Å²) >= 11 is 11.9. The first-order chi connectivity index (χ1) is 8.59. The molecule has 1 aromatic carbocycles. The molecule has 0 saturated carbocycles. The summed E-state index contributed by atoms with van der Waals surface area (Å²) in [6.45, 7) is 0. The van der Waals surface area contributed by atoms with E-state index in [0.29, 0.717) is 21.4 Å². The van der Waals surface area contributed by atoms with E-state index in [9.17, 15) is 4.79 Å². The minimum Gasteiger partial charge on any atom is -0.369 e. The molecule has 2 N–H and O–H groups in total. The van der Waals surface area contributed by atoms with Gasteiger partial charge in [0.15, 0.2) is 0 Å². The maximum atomic E-state index is 11.6. The van der Waals surface area contributed by atoms with Gasteiger partial charge in [0.05, 0.1) is 0 Å². The van der Waals surface area contributed by atoms with Gasteiger partial charge in [-0.25, -0.2) is 9.97 Å². The minimum atomic E-state index is -0.782. The van der Waals surface area contributed by atoms with Gasteiger partial charge in [-0.3, -0.25) is 4.79 Å². The Morgan fingerprint density at radius 3 is 2.44 bits per heavy atom. The van der Waals surface area contributed by atoms with Crippen molar-refractivity contribution in [3.8, 4) is 0 Å². The molecule has 0 aliphatic heterocycles. The molecule has 2 aromatic rings. The van der Waals surface area contributed by atoms with Gasteiger partial charge in [-0.15, -0.1) is 0 Å². The third-order valence-corrected chi connectivity index (χ3v) is 2.96. The van der Waals surface area contributed by atoms with Crippen LogP contribution in [0.3, 0.4) is 0 Å². The highest BCUT2D eigenvalue weighted by Crippen LogP contribution is 2.30. The highest BCUT2D eigenvalue weighted by atomic mass is 35.5. The molecule has 1 unspecified atom stereocenters. The lowest BCUT2D eigenvalue weighted by atomic mass is 9.97. The number of halogens is 2. The van der Waals surface area contributed by atoms with Crippen LogP contribution in [-0.2, 0) is 4.79 Å². The molecule has 0 aliphatic carbocycles. The predicted octanol–water partition coefficient (Wildman–Crippen LogP) is 2.40. The third-order valence-electron chi connectivity index (χ3n) is 2.40. The maximum Gasteiger partial charge on any atom is 0.232 e. The van der Waals surface area contributed by atoms with Crippen LogP contribution in [0.4, 0.5) is 0 Å². The molecule has 1 amide bonds. The van der Waals surface area contributed by atoms with Gasteiger partial charge in [0.25, 0.3) is 0 Å². The Hall–Kier alpha value is -1.65. The van der Waals surface area contributed by atoms with E-state index in [0.717, 1.165) is 0 Å². The van der Waals surface area contributed by atoms with Crippen LogP contribution in [0.2, 0.25) is 10.0 Å². The van der Waals surface area contributed by atoms with Crippen LogP contribution >= 0.6 is 23.2 Å². The Morgan fingerprint density at radius 1 is 1.22 bits per heavy atom. The van der Waals surface area contributed by atoms with E-state index in [1.807, 2.05) is 0 Å². The van der Waals surface area contributed by atoms with Crippen molar-refractivity contribution in [1.82, 2.24) is 9.97 Å². The van der Waals surface area contributed by atoms with Crippen molar-refractivity contribution in [3.63, 3.8) is 0 Å². The third kappa shape index (κ3) is 2.60. The first-order valence-corrected chi connectivity index (χ1v) is 5.86. The van der Waals surface area contributed by atoms with Gasteiger partial charge in [-0.05, 0) is 23.8 Å². The number of hydrogen-bond acceptors (Lipinski definition) is 3. The molecule has 1 atom stereocenters. The fourth-order valence-corrected chi connectivity index (χ4v) is 2.13. The van der Waals surface area contributed by atoms with Crippen LogP contribution in [0.25, 0.3) is 0 Å². The summed E-state index contributed by atoms with van der Waals surface area (Å²) in [4.78, 5) is 19.7. The first kappa shape index (κ1) is 12.8. The number of hydrogen-bond donors (Lipinski definition) is 1. The number of rotatable bonds is 3. The second-order valence-corrected chi connectivity index (χ2v) is 4.45. The minimum absolute atomic E-state index is 0.314. The first-order valence-electron chi connectivity index (χ1n) is 5.11. The fraction of sp³-hybridized carbons (Fsp3) is 0.0833. The molecule has 2 rings (SSSR count). The molecule has 18 heavy (non-hydrogen) atoms. The zero-order chi connectivity index (χ0) is 13.1. The van der Waals surface area contributed by atoms with Crippen molar-refractivity contribution >= 4 is 29.1 Å². The van der Waals surface area contributed by atoms with E-state index in [-0.39, 0.29) is 0 Å². The molecule has 1 aromatic heterocycles. The molecular weight excluding hydrogens is 273 g/mol. The zero-order valence-corrected chi connectivity index (χ0v) is 10.7. The van der Waals surface area contributed by atoms with Crippen LogP contribution in [0.1, 0.15) is 17.3 Å². The number of nitrogens with two attached hydrogens (primary N) is 1. The van der Waals surface area contributed by atoms with Gasteiger partial charge in [-0.2, -0.15) is 0 Å². The Bertz CT molecular complexity index is 575. The summed E-state index contributed by atoms with van der Waals surface area (Å²) in [6.07, 6.45) is 3.09. The molecule has 4 nitrogen and oxygen atoms in total. The molecular formula is C12H9Cl2N3O. The van der Waals surface area contributed by atoms with Crippen LogP contribution in [0, 0.1) is 0 Å². The van der Waals surface area contributed by atoms with E-state index < -0.39 is 11.8 Å². The van der Waals surface area contributed by atoms with E-state index in [1.54, 1.807) is 36.7 Å². The smallest absolute Gasteiger partial charge is 0.232 e. The lowest BCUT2D eigenvalue weighted by Gasteiger charge is -2.13. The van der Waals surface area contributed by atoms with Gasteiger partial charge in [-0.1, -0.05) is 29.3 Å². The van der Waals surface area contributed by atoms with E-state index >= 15 is 0 Å². The van der Waals surface area contributed by atoms with Crippen molar-refractivity contribution in [2.75, 3.05) is 0 Å². The number of carbonyl (C=O) groups is 1. The van der Waals surface area contributed by atoms with Crippen LogP contribution in [0.5, 0.6) is 0 Å². The highest BCUT2D eigenvalue weighted by molar-refractivity contribution is 6.35. The number of aromatic nitrogens is 2. The van der Waals surface area contributed by atoms with Gasteiger partial charge in [0.2, 0.25) is 5.91 Å². The van der Waals surface area contributed by atoms with Crippen molar-refractivity contribution < 1.29 is 4.79 Å². The number of carbonyl (C=O) groups excluding carboxylic acids is 1. The number of primary amides is 1. The van der Waals surface area contributed by atoms with Gasteiger partial charge in [0.1, 0.15) is 11.7 Å². The lowest BCUT2D eigenvalue weighted by molar-refractivity contribution is -0.118. The fourth-order valence-electron chi connectivity index (χ4n) is 1.61. The summed E-state index contributed by atoms with van der Waals surface area (Å²) in [5, 5.41) is 0.847. The normalized spacial score (nSPS) is 12.1. The average molecular weight is 282 g/mol. The SMILES string of the molecule is NC(=O)C(c1ncccn1)c1ccc(Cl)cc1Cl. The van der Waals surface area contributed by atoms with Crippen molar-refractivity contribution in [3.05, 3.63) is 58.1 Å². The summed E-state index contributed by atoms with van der Waals surface area (Å²) in [7, 11) is 0. The standard InChI is InChI=1S/C12H9Cl2N3O/c13-7-2-3-8(9(14)6-7)10(11(15)18)12-16-4-1-5-17-12/h1-6,10H,(H2,15,18). The lowest BCUT2D eigenvalue weighted by Crippen LogP contribution is -2.24. The average Bonchev–Trinajstić information content (AvgIpc) is 2.33. The van der Waals surface area contributed by atoms with Crippen LogP contribution in [-0.4, -0.2) is 15.9 Å². The molecule has 0 bridgehead atoms. The van der Waals surface area contributed by atoms with Crippen molar-refractivity contribution in [2.45, 2.75) is 5.92 Å². The second kappa shape index (κ2) is 5.33.